The van der Waals surface area contributed by atoms with Crippen LogP contribution in [0.2, 0.25) is 0 Å². The Bertz CT molecular complexity index is 643. The van der Waals surface area contributed by atoms with Crippen LogP contribution in [0.4, 0.5) is 0 Å². The number of halogens is 2. The van der Waals surface area contributed by atoms with Crippen molar-refractivity contribution in [3.8, 4) is 0 Å². The number of benzene rings is 1. The molecule has 5 nitrogen and oxygen atoms in total. The average Bonchev–Trinajstić information content (AvgIpc) is 2.81. The van der Waals surface area contributed by atoms with Crippen LogP contribution in [0.15, 0.2) is 22.7 Å². The van der Waals surface area contributed by atoms with Gasteiger partial charge in [0.2, 0.25) is 0 Å². The van der Waals surface area contributed by atoms with Crippen molar-refractivity contribution in [3.63, 3.8) is 0 Å². The molecule has 7 heteroatoms. The van der Waals surface area contributed by atoms with Crippen LogP contribution in [0, 0.1) is 5.92 Å². The quantitative estimate of drug-likeness (QED) is 0.768. The monoisotopic (exact) mass is 374 g/mol. The number of carbonyl (C=O) groups is 1. The first-order valence-electron chi connectivity index (χ1n) is 6.53. The second-order valence-electron chi connectivity index (χ2n) is 5.49. The zero-order valence-corrected chi connectivity index (χ0v) is 14.6. The fraction of sp³-hybridized carbons (Fsp3) is 0.429. The molecule has 2 aromatic rings. The summed E-state index contributed by atoms with van der Waals surface area (Å²) >= 11 is 3.41. The summed E-state index contributed by atoms with van der Waals surface area (Å²) in [4.78, 5) is 12.4. The van der Waals surface area contributed by atoms with Crippen molar-refractivity contribution < 1.29 is 4.79 Å². The first-order valence-corrected chi connectivity index (χ1v) is 7.33. The molecule has 1 atom stereocenters. The summed E-state index contributed by atoms with van der Waals surface area (Å²) in [5, 5.41) is 10.8. The van der Waals surface area contributed by atoms with E-state index in [0.717, 1.165) is 15.4 Å². The lowest BCUT2D eigenvalue weighted by Gasteiger charge is -2.33. The van der Waals surface area contributed by atoms with Crippen molar-refractivity contribution in [2.45, 2.75) is 26.3 Å². The molecule has 0 bridgehead atoms. The molecule has 0 saturated carbocycles. The van der Waals surface area contributed by atoms with E-state index in [4.69, 9.17) is 5.73 Å². The summed E-state index contributed by atoms with van der Waals surface area (Å²) in [5.41, 5.74) is 6.57. The predicted molar refractivity (Wildman–Crippen MR) is 90.8 cm³/mol. The van der Waals surface area contributed by atoms with Crippen LogP contribution in [0.25, 0.3) is 10.9 Å². The average molecular weight is 376 g/mol. The fourth-order valence-electron chi connectivity index (χ4n) is 1.91. The molecule has 1 aromatic carbocycles. The van der Waals surface area contributed by atoms with Gasteiger partial charge in [0, 0.05) is 16.4 Å². The SMILES string of the molecule is CC(C)C(C)(CN)NC(=O)c1n[nH]c2ccc(Br)cc12.Cl. The topological polar surface area (TPSA) is 83.8 Å². The third-order valence-electron chi connectivity index (χ3n) is 3.84. The van der Waals surface area contributed by atoms with Crippen LogP contribution in [0.5, 0.6) is 0 Å². The van der Waals surface area contributed by atoms with Crippen molar-refractivity contribution >= 4 is 45.1 Å². The van der Waals surface area contributed by atoms with Crippen LogP contribution < -0.4 is 11.1 Å². The summed E-state index contributed by atoms with van der Waals surface area (Å²) in [6.45, 7) is 6.39. The molecule has 0 spiro atoms. The highest BCUT2D eigenvalue weighted by molar-refractivity contribution is 9.10. The van der Waals surface area contributed by atoms with Gasteiger partial charge in [-0.3, -0.25) is 9.89 Å². The van der Waals surface area contributed by atoms with E-state index in [1.54, 1.807) is 0 Å². The van der Waals surface area contributed by atoms with E-state index in [1.165, 1.54) is 0 Å². The Morgan fingerprint density at radius 3 is 2.76 bits per heavy atom. The molecule has 0 fully saturated rings. The fourth-order valence-corrected chi connectivity index (χ4v) is 2.27. The molecule has 1 amide bonds. The largest absolute Gasteiger partial charge is 0.344 e. The molecule has 1 unspecified atom stereocenters. The highest BCUT2D eigenvalue weighted by atomic mass is 79.9. The van der Waals surface area contributed by atoms with Crippen LogP contribution in [-0.2, 0) is 0 Å². The summed E-state index contributed by atoms with van der Waals surface area (Å²) in [7, 11) is 0. The highest BCUT2D eigenvalue weighted by Gasteiger charge is 2.30. The molecule has 0 radical (unpaired) electrons. The van der Waals surface area contributed by atoms with Gasteiger partial charge in [0.05, 0.1) is 11.1 Å². The normalized spacial score (nSPS) is 13.8. The number of aromatic nitrogens is 2. The van der Waals surface area contributed by atoms with Gasteiger partial charge in [0.1, 0.15) is 0 Å². The molecule has 116 valence electrons. The molecular weight excluding hydrogens is 356 g/mol. The number of H-pyrrole nitrogens is 1. The maximum Gasteiger partial charge on any atom is 0.272 e. The van der Waals surface area contributed by atoms with E-state index >= 15 is 0 Å². The van der Waals surface area contributed by atoms with E-state index in [2.05, 4.69) is 31.4 Å². The van der Waals surface area contributed by atoms with Gasteiger partial charge in [0.15, 0.2) is 5.69 Å². The Hall–Kier alpha value is -1.11. The molecule has 0 aliphatic rings. The Morgan fingerprint density at radius 2 is 2.19 bits per heavy atom. The zero-order valence-electron chi connectivity index (χ0n) is 12.2. The molecule has 0 aliphatic heterocycles. The number of hydrogen-bond acceptors (Lipinski definition) is 3. The molecular formula is C14H20BrClN4O. The van der Waals surface area contributed by atoms with Crippen molar-refractivity contribution in [3.05, 3.63) is 28.4 Å². The van der Waals surface area contributed by atoms with E-state index in [0.29, 0.717) is 12.2 Å². The van der Waals surface area contributed by atoms with Crippen molar-refractivity contribution in [1.82, 2.24) is 15.5 Å². The maximum atomic E-state index is 12.4. The zero-order chi connectivity index (χ0) is 14.9. The van der Waals surface area contributed by atoms with E-state index < -0.39 is 5.54 Å². The van der Waals surface area contributed by atoms with Gasteiger partial charge in [-0.15, -0.1) is 12.4 Å². The van der Waals surface area contributed by atoms with Crippen LogP contribution in [0.1, 0.15) is 31.3 Å². The number of aromatic amines is 1. The number of carbonyl (C=O) groups excluding carboxylic acids is 1. The number of nitrogens with zero attached hydrogens (tertiary/aromatic N) is 1. The summed E-state index contributed by atoms with van der Waals surface area (Å²) in [6, 6.07) is 5.66. The maximum absolute atomic E-state index is 12.4. The van der Waals surface area contributed by atoms with Gasteiger partial charge < -0.3 is 11.1 Å². The minimum atomic E-state index is -0.450. The molecule has 0 aliphatic carbocycles. The number of amides is 1. The predicted octanol–water partition coefficient (Wildman–Crippen LogP) is 2.85. The second kappa shape index (κ2) is 6.77. The third kappa shape index (κ3) is 3.56. The minimum absolute atomic E-state index is 0. The summed E-state index contributed by atoms with van der Waals surface area (Å²) in [5.74, 6) is 0.0180. The Labute approximate surface area is 138 Å². The Morgan fingerprint density at radius 1 is 1.52 bits per heavy atom. The molecule has 0 saturated heterocycles. The number of hydrogen-bond donors (Lipinski definition) is 3. The van der Waals surface area contributed by atoms with Gasteiger partial charge in [-0.25, -0.2) is 0 Å². The molecule has 4 N–H and O–H groups in total. The second-order valence-corrected chi connectivity index (χ2v) is 6.41. The smallest absolute Gasteiger partial charge is 0.272 e. The lowest BCUT2D eigenvalue weighted by molar-refractivity contribution is 0.0879. The Kier molecular flexibility index (Phi) is 5.78. The lowest BCUT2D eigenvalue weighted by Crippen LogP contribution is -2.55. The van der Waals surface area contributed by atoms with E-state index in [1.807, 2.05) is 39.0 Å². The van der Waals surface area contributed by atoms with Crippen molar-refractivity contribution in [2.75, 3.05) is 6.54 Å². The first kappa shape index (κ1) is 17.9. The number of fused-ring (bicyclic) bond motifs is 1. The van der Waals surface area contributed by atoms with E-state index in [-0.39, 0.29) is 24.2 Å². The molecule has 2 rings (SSSR count). The van der Waals surface area contributed by atoms with Crippen LogP contribution in [0.3, 0.4) is 0 Å². The van der Waals surface area contributed by atoms with Gasteiger partial charge in [-0.1, -0.05) is 29.8 Å². The molecule has 1 heterocycles. The minimum Gasteiger partial charge on any atom is -0.344 e. The van der Waals surface area contributed by atoms with Crippen molar-refractivity contribution in [1.29, 1.82) is 0 Å². The summed E-state index contributed by atoms with van der Waals surface area (Å²) in [6.07, 6.45) is 0. The number of nitrogens with one attached hydrogen (secondary N) is 2. The first-order chi connectivity index (χ1) is 9.37. The Balaban J connectivity index is 0.00000220. The van der Waals surface area contributed by atoms with Gasteiger partial charge in [-0.2, -0.15) is 5.10 Å². The number of rotatable bonds is 4. The van der Waals surface area contributed by atoms with Crippen LogP contribution in [-0.4, -0.2) is 28.2 Å². The third-order valence-corrected chi connectivity index (χ3v) is 4.33. The molecule has 1 aromatic heterocycles. The highest BCUT2D eigenvalue weighted by Crippen LogP contribution is 2.22. The van der Waals surface area contributed by atoms with Gasteiger partial charge in [-0.05, 0) is 31.0 Å². The van der Waals surface area contributed by atoms with Crippen molar-refractivity contribution in [2.24, 2.45) is 11.7 Å². The van der Waals surface area contributed by atoms with Gasteiger partial charge in [0.25, 0.3) is 5.91 Å². The standard InChI is InChI=1S/C14H19BrN4O.ClH/c1-8(2)14(3,7-16)17-13(20)12-10-6-9(15)4-5-11(10)18-19-12;/h4-6,8H,7,16H2,1-3H3,(H,17,20)(H,18,19);1H. The number of nitrogens with two attached hydrogens (primary N) is 1. The summed E-state index contributed by atoms with van der Waals surface area (Å²) < 4.78 is 0.908. The van der Waals surface area contributed by atoms with E-state index in [9.17, 15) is 4.79 Å². The lowest BCUT2D eigenvalue weighted by atomic mass is 9.88. The van der Waals surface area contributed by atoms with Crippen LogP contribution >= 0.6 is 28.3 Å². The molecule has 21 heavy (non-hydrogen) atoms. The van der Waals surface area contributed by atoms with Gasteiger partial charge >= 0.3 is 0 Å².